The lowest BCUT2D eigenvalue weighted by Crippen LogP contribution is -2.26. The standard InChI is InChI=1S/C21H21F3N2O/c22-21(23,24)14-27-16-5-3-4-15(10-16)11-25-13-20(8-9-20)18-12-26-19-7-2-1-6-17(18)19/h1-7,10,12,25-26H,8-9,11,13-14H2. The Kier molecular flexibility index (Phi) is 4.60. The van der Waals surface area contributed by atoms with Crippen molar-refractivity contribution in [2.45, 2.75) is 31.0 Å². The molecule has 142 valence electrons. The van der Waals surface area contributed by atoms with E-state index in [1.54, 1.807) is 18.2 Å². The number of aromatic amines is 1. The number of rotatable bonds is 7. The van der Waals surface area contributed by atoms with Gasteiger partial charge in [-0.2, -0.15) is 13.2 Å². The molecule has 4 rings (SSSR count). The Balaban J connectivity index is 1.37. The highest BCUT2D eigenvalue weighted by molar-refractivity contribution is 5.84. The first-order valence-electron chi connectivity index (χ1n) is 9.01. The molecule has 3 aromatic rings. The molecule has 0 unspecified atom stereocenters. The number of halogens is 3. The average molecular weight is 374 g/mol. The van der Waals surface area contributed by atoms with Crippen LogP contribution in [-0.2, 0) is 12.0 Å². The van der Waals surface area contributed by atoms with Crippen molar-refractivity contribution >= 4 is 10.9 Å². The number of nitrogens with one attached hydrogen (secondary N) is 2. The normalized spacial score (nSPS) is 15.8. The SMILES string of the molecule is FC(F)(F)COc1cccc(CNCC2(c3c[nH]c4ccccc34)CC2)c1. The number of hydrogen-bond donors (Lipinski definition) is 2. The highest BCUT2D eigenvalue weighted by atomic mass is 19.4. The molecule has 0 spiro atoms. The first-order valence-corrected chi connectivity index (χ1v) is 9.01. The lowest BCUT2D eigenvalue weighted by atomic mass is 9.95. The molecule has 0 bridgehead atoms. The van der Waals surface area contributed by atoms with Crippen molar-refractivity contribution in [3.05, 3.63) is 65.9 Å². The van der Waals surface area contributed by atoms with Gasteiger partial charge in [0.15, 0.2) is 6.61 Å². The molecule has 6 heteroatoms. The van der Waals surface area contributed by atoms with Crippen molar-refractivity contribution in [1.29, 1.82) is 0 Å². The second-order valence-corrected chi connectivity index (χ2v) is 7.18. The Labute approximate surface area is 155 Å². The van der Waals surface area contributed by atoms with Crippen molar-refractivity contribution in [3.8, 4) is 5.75 Å². The van der Waals surface area contributed by atoms with Crippen LogP contribution in [0.4, 0.5) is 13.2 Å². The molecule has 27 heavy (non-hydrogen) atoms. The van der Waals surface area contributed by atoms with E-state index >= 15 is 0 Å². The van der Waals surface area contributed by atoms with E-state index in [0.717, 1.165) is 30.5 Å². The third kappa shape index (κ3) is 4.11. The summed E-state index contributed by atoms with van der Waals surface area (Å²) in [6, 6.07) is 15.1. The van der Waals surface area contributed by atoms with Gasteiger partial charge in [-0.05, 0) is 42.2 Å². The summed E-state index contributed by atoms with van der Waals surface area (Å²) in [6.45, 7) is 0.156. The largest absolute Gasteiger partial charge is 0.484 e. The summed E-state index contributed by atoms with van der Waals surface area (Å²) >= 11 is 0. The van der Waals surface area contributed by atoms with Gasteiger partial charge in [-0.1, -0.05) is 30.3 Å². The molecule has 0 atom stereocenters. The van der Waals surface area contributed by atoms with Gasteiger partial charge in [-0.3, -0.25) is 0 Å². The maximum absolute atomic E-state index is 12.3. The molecular formula is C21H21F3N2O. The van der Waals surface area contributed by atoms with Gasteiger partial charge in [-0.15, -0.1) is 0 Å². The Bertz CT molecular complexity index is 928. The third-order valence-electron chi connectivity index (χ3n) is 5.11. The monoisotopic (exact) mass is 374 g/mol. The van der Waals surface area contributed by atoms with Gasteiger partial charge in [-0.25, -0.2) is 0 Å². The third-order valence-corrected chi connectivity index (χ3v) is 5.11. The minimum Gasteiger partial charge on any atom is -0.484 e. The Morgan fingerprint density at radius 1 is 1.07 bits per heavy atom. The van der Waals surface area contributed by atoms with Crippen molar-refractivity contribution in [2.75, 3.05) is 13.2 Å². The maximum atomic E-state index is 12.3. The maximum Gasteiger partial charge on any atom is 0.422 e. The molecule has 1 aliphatic rings. The van der Waals surface area contributed by atoms with Crippen LogP contribution in [0.2, 0.25) is 0 Å². The van der Waals surface area contributed by atoms with E-state index in [0.29, 0.717) is 6.54 Å². The predicted octanol–water partition coefficient (Wildman–Crippen LogP) is 4.93. The van der Waals surface area contributed by atoms with Gasteiger partial charge in [0.2, 0.25) is 0 Å². The quantitative estimate of drug-likeness (QED) is 0.615. The molecule has 1 saturated carbocycles. The summed E-state index contributed by atoms with van der Waals surface area (Å²) in [7, 11) is 0. The number of H-pyrrole nitrogens is 1. The van der Waals surface area contributed by atoms with Crippen molar-refractivity contribution in [2.24, 2.45) is 0 Å². The molecular weight excluding hydrogens is 353 g/mol. The zero-order chi connectivity index (χ0) is 18.9. The van der Waals surface area contributed by atoms with Crippen LogP contribution in [0, 0.1) is 0 Å². The number of aromatic nitrogens is 1. The second-order valence-electron chi connectivity index (χ2n) is 7.18. The van der Waals surface area contributed by atoms with E-state index in [1.807, 2.05) is 12.1 Å². The number of benzene rings is 2. The summed E-state index contributed by atoms with van der Waals surface area (Å²) < 4.78 is 41.7. The number of fused-ring (bicyclic) bond motifs is 1. The van der Waals surface area contributed by atoms with E-state index < -0.39 is 12.8 Å². The number of alkyl halides is 3. The molecule has 1 heterocycles. The number of ether oxygens (including phenoxy) is 1. The number of para-hydroxylation sites is 1. The fraction of sp³-hybridized carbons (Fsp3) is 0.333. The first-order chi connectivity index (χ1) is 13.0. The predicted molar refractivity (Wildman–Crippen MR) is 98.9 cm³/mol. The summed E-state index contributed by atoms with van der Waals surface area (Å²) in [4.78, 5) is 3.34. The smallest absolute Gasteiger partial charge is 0.422 e. The second kappa shape index (κ2) is 6.93. The van der Waals surface area contributed by atoms with E-state index in [9.17, 15) is 13.2 Å². The molecule has 2 aromatic carbocycles. The van der Waals surface area contributed by atoms with Gasteiger partial charge < -0.3 is 15.0 Å². The van der Waals surface area contributed by atoms with Crippen LogP contribution in [0.3, 0.4) is 0 Å². The van der Waals surface area contributed by atoms with Crippen LogP contribution in [0.25, 0.3) is 10.9 Å². The van der Waals surface area contributed by atoms with Crippen LogP contribution in [0.5, 0.6) is 5.75 Å². The fourth-order valence-electron chi connectivity index (χ4n) is 3.56. The van der Waals surface area contributed by atoms with Gasteiger partial charge in [0.05, 0.1) is 0 Å². The molecule has 0 radical (unpaired) electrons. The molecule has 1 aromatic heterocycles. The van der Waals surface area contributed by atoms with E-state index in [1.165, 1.54) is 10.9 Å². The van der Waals surface area contributed by atoms with Crippen LogP contribution >= 0.6 is 0 Å². The van der Waals surface area contributed by atoms with E-state index in [2.05, 4.69) is 34.7 Å². The molecule has 3 nitrogen and oxygen atoms in total. The molecule has 1 aliphatic carbocycles. The highest BCUT2D eigenvalue weighted by Crippen LogP contribution is 2.49. The van der Waals surface area contributed by atoms with Gasteiger partial charge in [0.25, 0.3) is 0 Å². The summed E-state index contributed by atoms with van der Waals surface area (Å²) in [5, 5.41) is 4.73. The minimum absolute atomic E-state index is 0.143. The molecule has 0 saturated heterocycles. The van der Waals surface area contributed by atoms with Gasteiger partial charge in [0.1, 0.15) is 5.75 Å². The topological polar surface area (TPSA) is 37.0 Å². The fourth-order valence-corrected chi connectivity index (χ4v) is 3.56. The molecule has 0 aliphatic heterocycles. The Morgan fingerprint density at radius 2 is 1.89 bits per heavy atom. The van der Waals surface area contributed by atoms with Crippen molar-refractivity contribution in [1.82, 2.24) is 10.3 Å². The average Bonchev–Trinajstić information content (AvgIpc) is 3.29. The van der Waals surface area contributed by atoms with Crippen LogP contribution < -0.4 is 10.1 Å². The van der Waals surface area contributed by atoms with E-state index in [4.69, 9.17) is 4.74 Å². The van der Waals surface area contributed by atoms with Gasteiger partial charge in [0, 0.05) is 35.6 Å². The van der Waals surface area contributed by atoms with Crippen LogP contribution in [-0.4, -0.2) is 24.3 Å². The zero-order valence-corrected chi connectivity index (χ0v) is 14.8. The summed E-state index contributed by atoms with van der Waals surface area (Å²) in [6.07, 6.45) is 0.0457. The van der Waals surface area contributed by atoms with Crippen LogP contribution in [0.1, 0.15) is 24.0 Å². The zero-order valence-electron chi connectivity index (χ0n) is 14.8. The Morgan fingerprint density at radius 3 is 2.67 bits per heavy atom. The van der Waals surface area contributed by atoms with Crippen molar-refractivity contribution in [3.63, 3.8) is 0 Å². The summed E-state index contributed by atoms with van der Waals surface area (Å²) in [5.74, 6) is 0.240. The lowest BCUT2D eigenvalue weighted by molar-refractivity contribution is -0.153. The number of hydrogen-bond acceptors (Lipinski definition) is 2. The highest BCUT2D eigenvalue weighted by Gasteiger charge is 2.45. The summed E-state index contributed by atoms with van der Waals surface area (Å²) in [5.41, 5.74) is 3.54. The molecule has 1 fully saturated rings. The molecule has 2 N–H and O–H groups in total. The molecule has 0 amide bonds. The van der Waals surface area contributed by atoms with Crippen LogP contribution in [0.15, 0.2) is 54.7 Å². The minimum atomic E-state index is -4.33. The lowest BCUT2D eigenvalue weighted by Gasteiger charge is -2.16. The van der Waals surface area contributed by atoms with Gasteiger partial charge >= 0.3 is 6.18 Å². The van der Waals surface area contributed by atoms with Crippen molar-refractivity contribution < 1.29 is 17.9 Å². The first kappa shape index (κ1) is 17.9. The van der Waals surface area contributed by atoms with E-state index in [-0.39, 0.29) is 11.2 Å². The Hall–Kier alpha value is -2.47.